The third-order valence-electron chi connectivity index (χ3n) is 5.10. The molecule has 0 bridgehead atoms. The van der Waals surface area contributed by atoms with Crippen LogP contribution in [-0.2, 0) is 12.4 Å². The van der Waals surface area contributed by atoms with Gasteiger partial charge in [0.05, 0.1) is 11.1 Å². The van der Waals surface area contributed by atoms with Crippen LogP contribution in [0.4, 0.5) is 26.3 Å². The summed E-state index contributed by atoms with van der Waals surface area (Å²) in [5.41, 5.74) is -0.613. The first-order valence-electron chi connectivity index (χ1n) is 10.2. The summed E-state index contributed by atoms with van der Waals surface area (Å²) in [5, 5.41) is 7.67. The monoisotopic (exact) mass is 502 g/mol. The number of rotatable bonds is 4. The fraction of sp³-hybridized carbons (Fsp3) is 0.0833. The van der Waals surface area contributed by atoms with E-state index in [-0.39, 0.29) is 34.6 Å². The van der Waals surface area contributed by atoms with Crippen molar-refractivity contribution in [1.29, 1.82) is 0 Å². The van der Waals surface area contributed by atoms with E-state index in [9.17, 15) is 26.3 Å². The minimum atomic E-state index is -4.52. The summed E-state index contributed by atoms with van der Waals surface area (Å²) in [6.45, 7) is 0. The van der Waals surface area contributed by atoms with Crippen LogP contribution in [0.25, 0.3) is 45.7 Å². The highest BCUT2D eigenvalue weighted by atomic mass is 19.4. The molecular formula is C24H12F6N4O2. The molecule has 182 valence electrons. The molecule has 36 heavy (non-hydrogen) atoms. The molecule has 0 saturated carbocycles. The molecule has 5 aromatic rings. The van der Waals surface area contributed by atoms with Gasteiger partial charge in [-0.05, 0) is 42.5 Å². The fourth-order valence-corrected chi connectivity index (χ4v) is 3.37. The van der Waals surface area contributed by atoms with Gasteiger partial charge in [0.2, 0.25) is 11.6 Å². The molecule has 2 aromatic heterocycles. The predicted molar refractivity (Wildman–Crippen MR) is 114 cm³/mol. The molecular weight excluding hydrogens is 490 g/mol. The lowest BCUT2D eigenvalue weighted by Gasteiger charge is -2.06. The minimum absolute atomic E-state index is 0.101. The summed E-state index contributed by atoms with van der Waals surface area (Å²) in [6.07, 6.45) is -9.05. The highest BCUT2D eigenvalue weighted by Crippen LogP contribution is 2.34. The Kier molecular flexibility index (Phi) is 5.58. The van der Waals surface area contributed by atoms with Gasteiger partial charge in [-0.15, -0.1) is 0 Å². The van der Waals surface area contributed by atoms with E-state index < -0.39 is 23.5 Å². The van der Waals surface area contributed by atoms with Crippen LogP contribution in [0.5, 0.6) is 0 Å². The maximum absolute atomic E-state index is 13.0. The van der Waals surface area contributed by atoms with Crippen molar-refractivity contribution in [2.24, 2.45) is 0 Å². The van der Waals surface area contributed by atoms with Gasteiger partial charge in [0.1, 0.15) is 0 Å². The summed E-state index contributed by atoms with van der Waals surface area (Å²) >= 11 is 0. The third kappa shape index (κ3) is 4.69. The molecule has 0 aliphatic rings. The van der Waals surface area contributed by atoms with E-state index in [1.165, 1.54) is 24.3 Å². The highest BCUT2D eigenvalue weighted by molar-refractivity contribution is 5.68. The molecule has 0 fully saturated rings. The molecule has 12 heteroatoms. The molecule has 0 unspecified atom stereocenters. The average molecular weight is 502 g/mol. The second-order valence-corrected chi connectivity index (χ2v) is 7.58. The molecule has 2 heterocycles. The van der Waals surface area contributed by atoms with Crippen LogP contribution in [0.15, 0.2) is 81.8 Å². The van der Waals surface area contributed by atoms with Crippen LogP contribution in [0.3, 0.4) is 0 Å². The number of benzene rings is 3. The van der Waals surface area contributed by atoms with Crippen molar-refractivity contribution in [2.45, 2.75) is 12.4 Å². The lowest BCUT2D eigenvalue weighted by Crippen LogP contribution is -2.04. The van der Waals surface area contributed by atoms with Crippen LogP contribution >= 0.6 is 0 Å². The summed E-state index contributed by atoms with van der Waals surface area (Å²) < 4.78 is 88.3. The Hall–Kier alpha value is -4.48. The van der Waals surface area contributed by atoms with Crippen molar-refractivity contribution >= 4 is 0 Å². The zero-order chi connectivity index (χ0) is 25.5. The summed E-state index contributed by atoms with van der Waals surface area (Å²) in [5.74, 6) is -0.00230. The topological polar surface area (TPSA) is 77.8 Å². The quantitative estimate of drug-likeness (QED) is 0.243. The van der Waals surface area contributed by atoms with Gasteiger partial charge in [0.25, 0.3) is 11.8 Å². The van der Waals surface area contributed by atoms with Gasteiger partial charge in [-0.25, -0.2) is 0 Å². The van der Waals surface area contributed by atoms with Crippen molar-refractivity contribution in [3.63, 3.8) is 0 Å². The molecule has 0 aliphatic carbocycles. The molecule has 0 spiro atoms. The fourth-order valence-electron chi connectivity index (χ4n) is 3.37. The second kappa shape index (κ2) is 8.63. The number of hydrogen-bond acceptors (Lipinski definition) is 6. The molecule has 0 radical (unpaired) electrons. The molecule has 0 saturated heterocycles. The molecule has 0 amide bonds. The Morgan fingerprint density at radius 1 is 0.500 bits per heavy atom. The standard InChI is InChI=1S/C24H12F6N4O2/c25-23(26,27)17-8-2-6-15(11-17)21-31-19(33-35-21)13-4-1-5-14(10-13)20-32-22(36-34-20)16-7-3-9-18(12-16)24(28,29)30/h1-12H. The van der Waals surface area contributed by atoms with Gasteiger partial charge in [-0.3, -0.25) is 0 Å². The SMILES string of the molecule is FC(F)(F)c1cccc(-c2nc(-c3cccc(-c4noc(-c5cccc(C(F)(F)F)c5)n4)c3)no2)c1. The number of hydrogen-bond donors (Lipinski definition) is 0. The smallest absolute Gasteiger partial charge is 0.334 e. The number of aromatic nitrogens is 4. The van der Waals surface area contributed by atoms with Crippen LogP contribution in [0.2, 0.25) is 0 Å². The summed E-state index contributed by atoms with van der Waals surface area (Å²) in [7, 11) is 0. The Labute approximate surface area is 198 Å². The first kappa shape index (κ1) is 23.3. The van der Waals surface area contributed by atoms with E-state index in [0.717, 1.165) is 24.3 Å². The minimum Gasteiger partial charge on any atom is -0.334 e. The molecule has 0 N–H and O–H groups in total. The Morgan fingerprint density at radius 3 is 1.31 bits per heavy atom. The Morgan fingerprint density at radius 2 is 0.889 bits per heavy atom. The van der Waals surface area contributed by atoms with Crippen molar-refractivity contribution in [3.05, 3.63) is 83.9 Å². The third-order valence-corrected chi connectivity index (χ3v) is 5.10. The normalized spacial score (nSPS) is 12.2. The number of halogens is 6. The van der Waals surface area contributed by atoms with Gasteiger partial charge in [0, 0.05) is 22.3 Å². The second-order valence-electron chi connectivity index (χ2n) is 7.58. The van der Waals surface area contributed by atoms with Crippen molar-refractivity contribution in [3.8, 4) is 45.7 Å². The Bertz CT molecular complexity index is 1430. The highest BCUT2D eigenvalue weighted by Gasteiger charge is 2.32. The predicted octanol–water partition coefficient (Wildman–Crippen LogP) is 7.16. The first-order chi connectivity index (χ1) is 17.1. The summed E-state index contributed by atoms with van der Waals surface area (Å²) in [4.78, 5) is 8.36. The van der Waals surface area contributed by atoms with Gasteiger partial charge < -0.3 is 9.05 Å². The Balaban J connectivity index is 1.42. The van der Waals surface area contributed by atoms with Gasteiger partial charge >= 0.3 is 12.4 Å². The van der Waals surface area contributed by atoms with Crippen molar-refractivity contribution in [2.75, 3.05) is 0 Å². The molecule has 6 nitrogen and oxygen atoms in total. The lowest BCUT2D eigenvalue weighted by atomic mass is 10.1. The van der Waals surface area contributed by atoms with Gasteiger partial charge in [-0.2, -0.15) is 36.3 Å². The van der Waals surface area contributed by atoms with Gasteiger partial charge in [0.15, 0.2) is 0 Å². The largest absolute Gasteiger partial charge is 0.416 e. The zero-order valence-electron chi connectivity index (χ0n) is 17.8. The maximum Gasteiger partial charge on any atom is 0.416 e. The van der Waals surface area contributed by atoms with E-state index in [2.05, 4.69) is 20.3 Å². The van der Waals surface area contributed by atoms with E-state index in [4.69, 9.17) is 9.05 Å². The summed E-state index contributed by atoms with van der Waals surface area (Å²) in [6, 6.07) is 15.5. The molecule has 0 aliphatic heterocycles. The van der Waals surface area contributed by atoms with Crippen LogP contribution in [-0.4, -0.2) is 20.3 Å². The van der Waals surface area contributed by atoms with Crippen molar-refractivity contribution < 1.29 is 35.4 Å². The zero-order valence-corrected chi connectivity index (χ0v) is 17.8. The molecule has 3 aromatic carbocycles. The number of alkyl halides is 6. The van der Waals surface area contributed by atoms with Crippen LogP contribution in [0, 0.1) is 0 Å². The van der Waals surface area contributed by atoms with Crippen LogP contribution < -0.4 is 0 Å². The van der Waals surface area contributed by atoms with Crippen LogP contribution in [0.1, 0.15) is 11.1 Å². The van der Waals surface area contributed by atoms with E-state index in [1.54, 1.807) is 24.3 Å². The molecule has 0 atom stereocenters. The average Bonchev–Trinajstić information content (AvgIpc) is 3.54. The number of nitrogens with zero attached hydrogens (tertiary/aromatic N) is 4. The molecule has 5 rings (SSSR count). The van der Waals surface area contributed by atoms with E-state index in [1.807, 2.05) is 0 Å². The van der Waals surface area contributed by atoms with Crippen molar-refractivity contribution in [1.82, 2.24) is 20.3 Å². The van der Waals surface area contributed by atoms with Gasteiger partial charge in [-0.1, -0.05) is 40.6 Å². The van der Waals surface area contributed by atoms with E-state index >= 15 is 0 Å². The maximum atomic E-state index is 13.0. The lowest BCUT2D eigenvalue weighted by molar-refractivity contribution is -0.138. The van der Waals surface area contributed by atoms with E-state index in [0.29, 0.717) is 11.1 Å². The first-order valence-corrected chi connectivity index (χ1v) is 10.2.